The van der Waals surface area contributed by atoms with E-state index in [4.69, 9.17) is 34.4 Å². The third-order valence-electron chi connectivity index (χ3n) is 8.11. The number of hydrogen-bond donors (Lipinski definition) is 1. The Kier molecular flexibility index (Phi) is 9.19. The van der Waals surface area contributed by atoms with E-state index in [9.17, 15) is 9.18 Å². The maximum Gasteiger partial charge on any atom is 0.255 e. The van der Waals surface area contributed by atoms with Crippen LogP contribution in [0, 0.1) is 18.2 Å². The fraction of sp³-hybridized carbons (Fsp3) is 0.344. The molecule has 2 saturated heterocycles. The molecular formula is C32H32Cl2FN7O2. The van der Waals surface area contributed by atoms with Gasteiger partial charge >= 0.3 is 0 Å². The van der Waals surface area contributed by atoms with Crippen LogP contribution < -0.4 is 10.1 Å². The number of nitrogens with one attached hydrogen (secondary N) is 1. The van der Waals surface area contributed by atoms with E-state index in [1.54, 1.807) is 47.3 Å². The lowest BCUT2D eigenvalue weighted by Crippen LogP contribution is -2.50. The van der Waals surface area contributed by atoms with Crippen LogP contribution in [0.1, 0.15) is 23.2 Å². The third-order valence-corrected chi connectivity index (χ3v) is 8.80. The molecule has 44 heavy (non-hydrogen) atoms. The Morgan fingerprint density at radius 3 is 2.50 bits per heavy atom. The molecule has 0 unspecified atom stereocenters. The predicted octanol–water partition coefficient (Wildman–Crippen LogP) is 5.45. The normalized spacial score (nSPS) is 15.9. The van der Waals surface area contributed by atoms with Crippen LogP contribution in [-0.4, -0.2) is 93.9 Å². The fourth-order valence-electron chi connectivity index (χ4n) is 5.70. The monoisotopic (exact) mass is 635 g/mol. The number of benzene rings is 2. The zero-order valence-electron chi connectivity index (χ0n) is 24.1. The Bertz CT molecular complexity index is 1710. The highest BCUT2D eigenvalue weighted by Gasteiger charge is 2.25. The van der Waals surface area contributed by atoms with E-state index in [-0.39, 0.29) is 23.3 Å². The number of nitrogens with zero attached hydrogens (tertiary/aromatic N) is 6. The number of carbonyl (C=O) groups excluding carboxylic acids is 1. The summed E-state index contributed by atoms with van der Waals surface area (Å²) in [5.41, 5.74) is 2.59. The highest BCUT2D eigenvalue weighted by molar-refractivity contribution is 6.34. The Labute approximate surface area is 265 Å². The van der Waals surface area contributed by atoms with Gasteiger partial charge in [-0.2, -0.15) is 0 Å². The molecule has 2 fully saturated rings. The van der Waals surface area contributed by atoms with Gasteiger partial charge in [-0.3, -0.25) is 14.1 Å². The maximum atomic E-state index is 14.9. The molecule has 0 atom stereocenters. The van der Waals surface area contributed by atoms with Gasteiger partial charge in [0, 0.05) is 62.9 Å². The minimum atomic E-state index is -0.703. The summed E-state index contributed by atoms with van der Waals surface area (Å²) in [6.07, 6.45) is 12.7. The van der Waals surface area contributed by atoms with Crippen molar-refractivity contribution in [2.45, 2.75) is 12.8 Å². The Hall–Kier alpha value is -3.88. The van der Waals surface area contributed by atoms with Gasteiger partial charge in [-0.25, -0.2) is 14.4 Å². The van der Waals surface area contributed by atoms with E-state index in [1.165, 1.54) is 32.0 Å². The number of imidazole rings is 1. The summed E-state index contributed by atoms with van der Waals surface area (Å²) in [6.45, 7) is 7.55. The largest absolute Gasteiger partial charge is 0.478 e. The number of piperazine rings is 1. The lowest BCUT2D eigenvalue weighted by Gasteiger charge is -2.35. The molecule has 1 amide bonds. The summed E-state index contributed by atoms with van der Waals surface area (Å²) >= 11 is 13.0. The fourth-order valence-corrected chi connectivity index (χ4v) is 6.22. The molecule has 0 spiro atoms. The van der Waals surface area contributed by atoms with Crippen molar-refractivity contribution in [1.82, 2.24) is 29.1 Å². The number of halogens is 3. The second kappa shape index (κ2) is 13.4. The second-order valence-corrected chi connectivity index (χ2v) is 11.6. The zero-order valence-corrected chi connectivity index (χ0v) is 25.6. The van der Waals surface area contributed by atoms with Crippen molar-refractivity contribution in [1.29, 1.82) is 0 Å². The summed E-state index contributed by atoms with van der Waals surface area (Å²) in [6, 6.07) is 8.36. The molecule has 2 aromatic heterocycles. The molecule has 2 aromatic carbocycles. The molecule has 0 aliphatic carbocycles. The van der Waals surface area contributed by atoms with E-state index in [0.717, 1.165) is 26.2 Å². The number of terminal acetylenes is 1. The molecule has 4 heterocycles. The van der Waals surface area contributed by atoms with E-state index < -0.39 is 5.82 Å². The number of likely N-dealkylation sites (tertiary alicyclic amines) is 1. The van der Waals surface area contributed by atoms with E-state index >= 15 is 0 Å². The van der Waals surface area contributed by atoms with Gasteiger partial charge in [0.1, 0.15) is 6.61 Å². The van der Waals surface area contributed by atoms with Gasteiger partial charge in [0.05, 0.1) is 27.5 Å². The minimum Gasteiger partial charge on any atom is -0.478 e. The molecule has 12 heteroatoms. The zero-order chi connectivity index (χ0) is 30.6. The van der Waals surface area contributed by atoms with Gasteiger partial charge in [0.25, 0.3) is 5.91 Å². The summed E-state index contributed by atoms with van der Waals surface area (Å²) in [5.74, 6) is 1.96. The van der Waals surface area contributed by atoms with E-state index in [0.29, 0.717) is 52.1 Å². The quantitative estimate of drug-likeness (QED) is 0.245. The summed E-state index contributed by atoms with van der Waals surface area (Å²) in [4.78, 5) is 29.1. The number of ether oxygens (including phenoxy) is 1. The maximum absolute atomic E-state index is 14.9. The predicted molar refractivity (Wildman–Crippen MR) is 170 cm³/mol. The van der Waals surface area contributed by atoms with Crippen molar-refractivity contribution in [3.63, 3.8) is 0 Å². The van der Waals surface area contributed by atoms with E-state index in [1.807, 2.05) is 4.90 Å². The van der Waals surface area contributed by atoms with Gasteiger partial charge in [-0.15, -0.1) is 6.42 Å². The highest BCUT2D eigenvalue weighted by atomic mass is 35.5. The Morgan fingerprint density at radius 1 is 1.02 bits per heavy atom. The molecule has 228 valence electrons. The standard InChI is InChI=1S/C32H32Cl2FN7O2/c1-2-19-44-27-8-7-24(28(34)29(27)35)26-21-37-31-30(36-9-12-42(26)31)38-22-5-6-23(25(33)20-22)32(43)41-17-15-40(16-18-41)14-13-39-10-3-4-11-39/h1,5-9,12,20-21H,3-4,10-11,13-19H2,(H,36,38). The molecular weight excluding hydrogens is 604 g/mol. The van der Waals surface area contributed by atoms with Crippen LogP contribution >= 0.6 is 23.2 Å². The number of amides is 1. The van der Waals surface area contributed by atoms with Gasteiger partial charge in [0.15, 0.2) is 23.0 Å². The molecule has 6 rings (SSSR count). The highest BCUT2D eigenvalue weighted by Crippen LogP contribution is 2.36. The van der Waals surface area contributed by atoms with Crippen LogP contribution in [0.3, 0.4) is 0 Å². The number of fused-ring (bicyclic) bond motifs is 1. The van der Waals surface area contributed by atoms with Gasteiger partial charge in [-0.1, -0.05) is 29.1 Å². The third kappa shape index (κ3) is 6.33. The first-order valence-corrected chi connectivity index (χ1v) is 15.4. The average molecular weight is 637 g/mol. The van der Waals surface area contributed by atoms with E-state index in [2.05, 4.69) is 31.0 Å². The second-order valence-electron chi connectivity index (χ2n) is 10.8. The first-order chi connectivity index (χ1) is 21.4. The van der Waals surface area contributed by atoms with Crippen LogP contribution in [0.5, 0.6) is 5.75 Å². The first kappa shape index (κ1) is 30.2. The summed E-state index contributed by atoms with van der Waals surface area (Å²) in [5, 5.41) is 3.48. The molecule has 0 radical (unpaired) electrons. The molecule has 1 N–H and O–H groups in total. The number of anilines is 2. The van der Waals surface area contributed by atoms with Crippen molar-refractivity contribution >= 4 is 46.3 Å². The SMILES string of the molecule is C#CCOc1ccc(-c2cnc3c(Nc4ccc(C(=O)N5CCN(CCN6CCCC6)CC5)c(Cl)c4)nccn23)c(Cl)c1F. The van der Waals surface area contributed by atoms with Crippen molar-refractivity contribution < 1.29 is 13.9 Å². The number of carbonyl (C=O) groups is 1. The molecule has 4 aromatic rings. The molecule has 0 bridgehead atoms. The van der Waals surface area contributed by atoms with Crippen molar-refractivity contribution in [3.8, 4) is 29.4 Å². The summed E-state index contributed by atoms with van der Waals surface area (Å²) < 4.78 is 21.9. The van der Waals surface area contributed by atoms with Crippen LogP contribution in [0.2, 0.25) is 10.0 Å². The lowest BCUT2D eigenvalue weighted by atomic mass is 10.1. The van der Waals surface area contributed by atoms with Crippen LogP contribution in [0.25, 0.3) is 16.9 Å². The molecule has 0 saturated carbocycles. The van der Waals surface area contributed by atoms with Crippen LogP contribution in [0.4, 0.5) is 15.9 Å². The Morgan fingerprint density at radius 2 is 1.77 bits per heavy atom. The molecule has 2 aliphatic heterocycles. The first-order valence-electron chi connectivity index (χ1n) is 14.6. The number of rotatable bonds is 9. The van der Waals surface area contributed by atoms with Gasteiger partial charge in [-0.05, 0) is 56.3 Å². The molecule has 2 aliphatic rings. The average Bonchev–Trinajstić information content (AvgIpc) is 3.72. The lowest BCUT2D eigenvalue weighted by molar-refractivity contribution is 0.0627. The van der Waals surface area contributed by atoms with Crippen LogP contribution in [0.15, 0.2) is 48.9 Å². The van der Waals surface area contributed by atoms with Gasteiger partial charge < -0.3 is 19.9 Å². The van der Waals surface area contributed by atoms with Crippen LogP contribution in [-0.2, 0) is 0 Å². The number of hydrogen-bond acceptors (Lipinski definition) is 7. The topological polar surface area (TPSA) is 78.2 Å². The minimum absolute atomic E-state index is 0.0245. The summed E-state index contributed by atoms with van der Waals surface area (Å²) in [7, 11) is 0. The smallest absolute Gasteiger partial charge is 0.255 e. The van der Waals surface area contributed by atoms with Crippen molar-refractivity contribution in [2.75, 3.05) is 64.3 Å². The van der Waals surface area contributed by atoms with Crippen molar-refractivity contribution in [3.05, 3.63) is 70.3 Å². The number of aromatic nitrogens is 3. The Balaban J connectivity index is 1.13. The molecule has 9 nitrogen and oxygen atoms in total. The van der Waals surface area contributed by atoms with Crippen molar-refractivity contribution in [2.24, 2.45) is 0 Å². The van der Waals surface area contributed by atoms with Gasteiger partial charge in [0.2, 0.25) is 0 Å².